The molecule has 0 N–H and O–H groups in total. The van der Waals surface area contributed by atoms with Gasteiger partial charge in [-0.2, -0.15) is 0 Å². The van der Waals surface area contributed by atoms with Gasteiger partial charge in [-0.3, -0.25) is 0 Å². The van der Waals surface area contributed by atoms with Crippen LogP contribution in [0.3, 0.4) is 0 Å². The highest BCUT2D eigenvalue weighted by Crippen LogP contribution is 2.36. The van der Waals surface area contributed by atoms with E-state index in [0.717, 1.165) is 16.7 Å². The van der Waals surface area contributed by atoms with E-state index in [1.165, 1.54) is 16.7 Å². The highest BCUT2D eigenvalue weighted by Gasteiger charge is 2.17. The van der Waals surface area contributed by atoms with Crippen molar-refractivity contribution in [2.24, 2.45) is 0 Å². The van der Waals surface area contributed by atoms with Gasteiger partial charge in [0.1, 0.15) is 11.4 Å². The Bertz CT molecular complexity index is 910. The summed E-state index contributed by atoms with van der Waals surface area (Å²) in [5, 5.41) is 0. The average molecular weight is 331 g/mol. The second-order valence-electron chi connectivity index (χ2n) is 6.26. The predicted octanol–water partition coefficient (Wildman–Crippen LogP) is 5.20. The van der Waals surface area contributed by atoms with Crippen LogP contribution in [-0.4, -0.2) is 11.0 Å². The van der Waals surface area contributed by atoms with E-state index in [-0.39, 0.29) is 0 Å². The summed E-state index contributed by atoms with van der Waals surface area (Å²) in [7, 11) is 0. The number of hydrogen-bond acceptors (Lipinski definition) is 3. The minimum absolute atomic E-state index is 0.304. The van der Waals surface area contributed by atoms with Crippen LogP contribution < -0.4 is 4.74 Å². The third kappa shape index (κ3) is 3.31. The molecular formula is C22H21NO2. The van der Waals surface area contributed by atoms with Gasteiger partial charge >= 0.3 is 5.97 Å². The summed E-state index contributed by atoms with van der Waals surface area (Å²) >= 11 is 0. The van der Waals surface area contributed by atoms with Gasteiger partial charge in [0, 0.05) is 6.20 Å². The number of benzene rings is 2. The van der Waals surface area contributed by atoms with Gasteiger partial charge in [0.15, 0.2) is 0 Å². The first-order valence-corrected chi connectivity index (χ1v) is 8.29. The van der Waals surface area contributed by atoms with Gasteiger partial charge in [-0.05, 0) is 73.2 Å². The van der Waals surface area contributed by atoms with Gasteiger partial charge in [-0.25, -0.2) is 9.78 Å². The van der Waals surface area contributed by atoms with Crippen LogP contribution in [0.1, 0.15) is 32.7 Å². The molecule has 2 aromatic carbocycles. The molecular weight excluding hydrogens is 310 g/mol. The summed E-state index contributed by atoms with van der Waals surface area (Å²) in [6, 6.07) is 15.5. The fourth-order valence-electron chi connectivity index (χ4n) is 3.12. The quantitative estimate of drug-likeness (QED) is 0.489. The number of carbonyl (C=O) groups excluding carboxylic acids is 1. The molecule has 0 saturated heterocycles. The van der Waals surface area contributed by atoms with E-state index in [4.69, 9.17) is 4.74 Å². The monoisotopic (exact) mass is 331 g/mol. The first-order valence-electron chi connectivity index (χ1n) is 8.29. The molecule has 0 aliphatic rings. The Morgan fingerprint density at radius 1 is 0.840 bits per heavy atom. The number of rotatable bonds is 3. The van der Waals surface area contributed by atoms with Crippen molar-refractivity contribution in [1.82, 2.24) is 4.98 Å². The lowest BCUT2D eigenvalue weighted by Crippen LogP contribution is -2.12. The van der Waals surface area contributed by atoms with E-state index in [0.29, 0.717) is 11.4 Å². The Kier molecular flexibility index (Phi) is 4.66. The van der Waals surface area contributed by atoms with Gasteiger partial charge in [0.05, 0.1) is 0 Å². The highest BCUT2D eigenvalue weighted by atomic mass is 16.5. The molecule has 0 spiro atoms. The molecule has 3 nitrogen and oxygen atoms in total. The first kappa shape index (κ1) is 16.9. The number of aryl methyl sites for hydroxylation is 3. The maximum absolute atomic E-state index is 12.4. The molecule has 0 aliphatic carbocycles. The summed E-state index contributed by atoms with van der Waals surface area (Å²) in [6.45, 7) is 8.14. The Morgan fingerprint density at radius 2 is 1.56 bits per heavy atom. The largest absolute Gasteiger partial charge is 0.421 e. The van der Waals surface area contributed by atoms with Crippen LogP contribution in [0, 0.1) is 27.7 Å². The van der Waals surface area contributed by atoms with Crippen LogP contribution >= 0.6 is 0 Å². The van der Waals surface area contributed by atoms with Crippen LogP contribution in [0.2, 0.25) is 0 Å². The number of nitrogens with zero attached hydrogens (tertiary/aromatic N) is 1. The van der Waals surface area contributed by atoms with Gasteiger partial charge in [-0.15, -0.1) is 0 Å². The molecule has 25 heavy (non-hydrogen) atoms. The van der Waals surface area contributed by atoms with Crippen LogP contribution in [0.4, 0.5) is 0 Å². The summed E-state index contributed by atoms with van der Waals surface area (Å²) in [6.07, 6.45) is 1.59. The third-order valence-corrected chi connectivity index (χ3v) is 4.42. The Morgan fingerprint density at radius 3 is 2.20 bits per heavy atom. The minimum Gasteiger partial charge on any atom is -0.421 e. The van der Waals surface area contributed by atoms with E-state index in [2.05, 4.69) is 43.1 Å². The zero-order chi connectivity index (χ0) is 18.0. The Hall–Kier alpha value is -2.94. The van der Waals surface area contributed by atoms with Gasteiger partial charge < -0.3 is 4.74 Å². The smallest absolute Gasteiger partial charge is 0.362 e. The number of ether oxygens (including phenoxy) is 1. The fourth-order valence-corrected chi connectivity index (χ4v) is 3.12. The number of pyridine rings is 1. The molecule has 1 heterocycles. The maximum atomic E-state index is 12.4. The first-order chi connectivity index (χ1) is 12.0. The van der Waals surface area contributed by atoms with Crippen LogP contribution in [0.25, 0.3) is 11.1 Å². The van der Waals surface area contributed by atoms with E-state index in [1.54, 1.807) is 24.4 Å². The zero-order valence-electron chi connectivity index (χ0n) is 15.0. The Labute approximate surface area is 148 Å². The molecule has 3 heteroatoms. The number of aromatic nitrogens is 1. The lowest BCUT2D eigenvalue weighted by atomic mass is 9.91. The fraction of sp³-hybridized carbons (Fsp3) is 0.182. The maximum Gasteiger partial charge on any atom is 0.362 e. The van der Waals surface area contributed by atoms with Gasteiger partial charge in [0.25, 0.3) is 0 Å². The molecule has 126 valence electrons. The number of carbonyl (C=O) groups is 1. The molecule has 0 aliphatic heterocycles. The number of esters is 1. The van der Waals surface area contributed by atoms with E-state index < -0.39 is 5.97 Å². The molecule has 0 saturated carbocycles. The normalized spacial score (nSPS) is 10.6. The lowest BCUT2D eigenvalue weighted by molar-refractivity contribution is 0.0726. The second-order valence-corrected chi connectivity index (χ2v) is 6.26. The van der Waals surface area contributed by atoms with E-state index in [1.807, 2.05) is 19.9 Å². The van der Waals surface area contributed by atoms with Crippen molar-refractivity contribution in [3.8, 4) is 16.9 Å². The van der Waals surface area contributed by atoms with Crippen molar-refractivity contribution in [2.75, 3.05) is 0 Å². The van der Waals surface area contributed by atoms with Gasteiger partial charge in [-0.1, -0.05) is 36.4 Å². The van der Waals surface area contributed by atoms with Crippen molar-refractivity contribution in [2.45, 2.75) is 27.7 Å². The SMILES string of the molecule is Cc1ccc(-c2c(C)cccc2C)c(C)c1OC(=O)c1ccccn1. The molecule has 0 radical (unpaired) electrons. The third-order valence-electron chi connectivity index (χ3n) is 4.42. The molecule has 0 atom stereocenters. The minimum atomic E-state index is -0.439. The lowest BCUT2D eigenvalue weighted by Gasteiger charge is -2.17. The average Bonchev–Trinajstić information content (AvgIpc) is 2.61. The predicted molar refractivity (Wildman–Crippen MR) is 100 cm³/mol. The summed E-state index contributed by atoms with van der Waals surface area (Å²) in [5.41, 5.74) is 6.88. The summed E-state index contributed by atoms with van der Waals surface area (Å²) < 4.78 is 5.70. The molecule has 0 fully saturated rings. The Balaban J connectivity index is 2.06. The topological polar surface area (TPSA) is 39.2 Å². The van der Waals surface area contributed by atoms with Crippen molar-refractivity contribution in [3.05, 3.63) is 82.7 Å². The molecule has 0 bridgehead atoms. The highest BCUT2D eigenvalue weighted by molar-refractivity contribution is 5.90. The van der Waals surface area contributed by atoms with Crippen molar-refractivity contribution < 1.29 is 9.53 Å². The standard InChI is InChI=1S/C22H21NO2/c1-14-8-7-9-15(2)20(14)18-12-11-16(3)21(17(18)4)25-22(24)19-10-5-6-13-23-19/h5-13H,1-4H3. The summed E-state index contributed by atoms with van der Waals surface area (Å²) in [5.74, 6) is 0.168. The van der Waals surface area contributed by atoms with E-state index in [9.17, 15) is 4.79 Å². The zero-order valence-corrected chi connectivity index (χ0v) is 15.0. The van der Waals surface area contributed by atoms with Crippen LogP contribution in [0.15, 0.2) is 54.7 Å². The van der Waals surface area contributed by atoms with Crippen molar-refractivity contribution in [3.63, 3.8) is 0 Å². The molecule has 0 unspecified atom stereocenters. The van der Waals surface area contributed by atoms with Crippen LogP contribution in [0.5, 0.6) is 5.75 Å². The van der Waals surface area contributed by atoms with Crippen molar-refractivity contribution >= 4 is 5.97 Å². The van der Waals surface area contributed by atoms with Gasteiger partial charge in [0.2, 0.25) is 0 Å². The van der Waals surface area contributed by atoms with Crippen molar-refractivity contribution in [1.29, 1.82) is 0 Å². The summed E-state index contributed by atoms with van der Waals surface area (Å²) in [4.78, 5) is 16.5. The molecule has 0 amide bonds. The molecule has 3 rings (SSSR count). The number of hydrogen-bond donors (Lipinski definition) is 0. The molecule has 3 aromatic rings. The molecule has 1 aromatic heterocycles. The van der Waals surface area contributed by atoms with Crippen LogP contribution in [-0.2, 0) is 0 Å². The second kappa shape index (κ2) is 6.89. The van der Waals surface area contributed by atoms with E-state index >= 15 is 0 Å².